The van der Waals surface area contributed by atoms with Crippen molar-refractivity contribution >= 4 is 5.69 Å². The smallest absolute Gasteiger partial charge is 0.0366 e. The van der Waals surface area contributed by atoms with E-state index in [1.807, 2.05) is 0 Å². The van der Waals surface area contributed by atoms with Gasteiger partial charge in [-0.15, -0.1) is 0 Å². The number of anilines is 1. The minimum absolute atomic E-state index is 0.829. The monoisotopic (exact) mass is 188 g/mol. The van der Waals surface area contributed by atoms with Crippen LogP contribution >= 0.6 is 0 Å². The van der Waals surface area contributed by atoms with Gasteiger partial charge >= 0.3 is 0 Å². The normalized spacial score (nSPS) is 34.4. The quantitative estimate of drug-likeness (QED) is 0.758. The molecule has 3 rings (SSSR count). The lowest BCUT2D eigenvalue weighted by molar-refractivity contribution is 0.648. The highest BCUT2D eigenvalue weighted by molar-refractivity contribution is 5.48. The maximum Gasteiger partial charge on any atom is 0.0366 e. The van der Waals surface area contributed by atoms with Crippen molar-refractivity contribution in [1.82, 2.24) is 0 Å². The Morgan fingerprint density at radius 3 is 2.36 bits per heavy atom. The molecule has 2 nitrogen and oxygen atoms in total. The van der Waals surface area contributed by atoms with E-state index < -0.39 is 0 Å². The molecule has 1 aliphatic heterocycles. The van der Waals surface area contributed by atoms with E-state index >= 15 is 0 Å². The topological polar surface area (TPSA) is 29.3 Å². The molecular formula is C12H16N2. The van der Waals surface area contributed by atoms with E-state index in [4.69, 9.17) is 5.73 Å². The largest absolute Gasteiger partial charge is 0.371 e. The molecule has 14 heavy (non-hydrogen) atoms. The molecular weight excluding hydrogens is 172 g/mol. The Hall–Kier alpha value is -1.02. The van der Waals surface area contributed by atoms with Gasteiger partial charge in [0.2, 0.25) is 0 Å². The molecule has 74 valence electrons. The molecule has 1 aromatic carbocycles. The number of benzene rings is 1. The molecule has 0 bridgehead atoms. The predicted octanol–water partition coefficient (Wildman–Crippen LogP) is 1.33. The van der Waals surface area contributed by atoms with Crippen molar-refractivity contribution in [3.63, 3.8) is 0 Å². The molecule has 2 aliphatic rings. The molecule has 2 N–H and O–H groups in total. The summed E-state index contributed by atoms with van der Waals surface area (Å²) < 4.78 is 0. The van der Waals surface area contributed by atoms with Gasteiger partial charge in [-0.25, -0.2) is 0 Å². The van der Waals surface area contributed by atoms with Crippen LogP contribution in [0.15, 0.2) is 30.3 Å². The number of nitrogens with two attached hydrogens (primary N) is 1. The number of hydrogen-bond donors (Lipinski definition) is 1. The van der Waals surface area contributed by atoms with E-state index in [0.717, 1.165) is 24.3 Å². The lowest BCUT2D eigenvalue weighted by Crippen LogP contribution is -2.25. The number of rotatable bonds is 2. The molecule has 2 fully saturated rings. The zero-order valence-corrected chi connectivity index (χ0v) is 8.26. The summed E-state index contributed by atoms with van der Waals surface area (Å²) in [5, 5.41) is 0. The van der Waals surface area contributed by atoms with E-state index in [2.05, 4.69) is 35.2 Å². The zero-order chi connectivity index (χ0) is 9.54. The van der Waals surface area contributed by atoms with Crippen LogP contribution in [0.5, 0.6) is 0 Å². The average molecular weight is 188 g/mol. The fourth-order valence-corrected chi connectivity index (χ4v) is 2.85. The Bertz CT molecular complexity index is 310. The summed E-state index contributed by atoms with van der Waals surface area (Å²) in [5.74, 6) is 2.61. The number of hydrogen-bond acceptors (Lipinski definition) is 2. The first-order valence-electron chi connectivity index (χ1n) is 5.40. The summed E-state index contributed by atoms with van der Waals surface area (Å²) in [4.78, 5) is 2.49. The lowest BCUT2D eigenvalue weighted by atomic mass is 10.2. The molecule has 1 aromatic rings. The van der Waals surface area contributed by atoms with Crippen molar-refractivity contribution in [2.45, 2.75) is 0 Å². The van der Waals surface area contributed by atoms with Gasteiger partial charge in [-0.3, -0.25) is 0 Å². The fraction of sp³-hybridized carbons (Fsp3) is 0.500. The van der Waals surface area contributed by atoms with Crippen molar-refractivity contribution in [2.24, 2.45) is 23.5 Å². The Morgan fingerprint density at radius 2 is 1.79 bits per heavy atom. The van der Waals surface area contributed by atoms with Crippen molar-refractivity contribution in [2.75, 3.05) is 24.5 Å². The Kier molecular flexibility index (Phi) is 1.77. The summed E-state index contributed by atoms with van der Waals surface area (Å²) in [6.45, 7) is 3.32. The second-order valence-corrected chi connectivity index (χ2v) is 4.47. The van der Waals surface area contributed by atoms with Crippen LogP contribution in [0, 0.1) is 17.8 Å². The van der Waals surface area contributed by atoms with E-state index in [1.54, 1.807) is 0 Å². The maximum atomic E-state index is 5.69. The second-order valence-electron chi connectivity index (χ2n) is 4.47. The highest BCUT2D eigenvalue weighted by Gasteiger charge is 2.54. The number of nitrogens with zero attached hydrogens (tertiary/aromatic N) is 1. The first-order chi connectivity index (χ1) is 6.90. The van der Waals surface area contributed by atoms with Crippen molar-refractivity contribution in [1.29, 1.82) is 0 Å². The van der Waals surface area contributed by atoms with E-state index in [1.165, 1.54) is 18.8 Å². The Labute approximate surface area is 84.7 Å². The molecule has 3 atom stereocenters. The Balaban J connectivity index is 1.70. The van der Waals surface area contributed by atoms with Crippen molar-refractivity contribution in [3.05, 3.63) is 30.3 Å². The van der Waals surface area contributed by atoms with Crippen LogP contribution in [0.4, 0.5) is 5.69 Å². The van der Waals surface area contributed by atoms with E-state index in [-0.39, 0.29) is 0 Å². The molecule has 1 heterocycles. The summed E-state index contributed by atoms with van der Waals surface area (Å²) in [6, 6.07) is 10.7. The van der Waals surface area contributed by atoms with Crippen LogP contribution in [-0.4, -0.2) is 19.6 Å². The molecule has 0 spiro atoms. The third-order valence-corrected chi connectivity index (χ3v) is 3.76. The summed E-state index contributed by atoms with van der Waals surface area (Å²) in [5.41, 5.74) is 7.06. The van der Waals surface area contributed by atoms with E-state index in [0.29, 0.717) is 0 Å². The van der Waals surface area contributed by atoms with Gasteiger partial charge in [0.15, 0.2) is 0 Å². The highest BCUT2D eigenvalue weighted by atomic mass is 15.2. The van der Waals surface area contributed by atoms with Crippen molar-refractivity contribution in [3.8, 4) is 0 Å². The summed E-state index contributed by atoms with van der Waals surface area (Å²) >= 11 is 0. The van der Waals surface area contributed by atoms with Gasteiger partial charge in [0, 0.05) is 18.8 Å². The van der Waals surface area contributed by atoms with Gasteiger partial charge in [0.25, 0.3) is 0 Å². The Morgan fingerprint density at radius 1 is 1.14 bits per heavy atom. The highest BCUT2D eigenvalue weighted by Crippen LogP contribution is 2.51. The molecule has 0 aromatic heterocycles. The van der Waals surface area contributed by atoms with Gasteiger partial charge in [0.1, 0.15) is 0 Å². The van der Waals surface area contributed by atoms with Crippen LogP contribution < -0.4 is 10.6 Å². The summed E-state index contributed by atoms with van der Waals surface area (Å²) in [7, 11) is 0. The van der Waals surface area contributed by atoms with Gasteiger partial charge in [-0.2, -0.15) is 0 Å². The molecule has 2 heteroatoms. The number of fused-ring (bicyclic) bond motifs is 1. The third-order valence-electron chi connectivity index (χ3n) is 3.76. The predicted molar refractivity (Wildman–Crippen MR) is 58.2 cm³/mol. The van der Waals surface area contributed by atoms with Crippen molar-refractivity contribution < 1.29 is 0 Å². The zero-order valence-electron chi connectivity index (χ0n) is 8.26. The van der Waals surface area contributed by atoms with Gasteiger partial charge in [-0.1, -0.05) is 18.2 Å². The SMILES string of the molecule is NCC1[C@H]2CN(c3ccccc3)C[C@@H]12. The second kappa shape index (κ2) is 2.99. The minimum Gasteiger partial charge on any atom is -0.371 e. The number of piperidine rings is 1. The molecule has 1 saturated carbocycles. The molecule has 0 radical (unpaired) electrons. The van der Waals surface area contributed by atoms with Crippen LogP contribution in [0.1, 0.15) is 0 Å². The molecule has 0 amide bonds. The minimum atomic E-state index is 0.829. The molecule has 1 saturated heterocycles. The van der Waals surface area contributed by atoms with Crippen LogP contribution in [-0.2, 0) is 0 Å². The maximum absolute atomic E-state index is 5.69. The van der Waals surface area contributed by atoms with Crippen LogP contribution in [0.25, 0.3) is 0 Å². The molecule has 1 unspecified atom stereocenters. The first-order valence-corrected chi connectivity index (χ1v) is 5.40. The van der Waals surface area contributed by atoms with Crippen LogP contribution in [0.2, 0.25) is 0 Å². The van der Waals surface area contributed by atoms with Gasteiger partial charge in [0.05, 0.1) is 0 Å². The standard InChI is InChI=1S/C12H16N2/c13-6-10-11-7-14(8-12(10)11)9-4-2-1-3-5-9/h1-5,10-12H,6-8,13H2/t10?,11-,12+. The third kappa shape index (κ3) is 1.14. The summed E-state index contributed by atoms with van der Waals surface area (Å²) in [6.07, 6.45) is 0. The number of para-hydroxylation sites is 1. The van der Waals surface area contributed by atoms with Gasteiger partial charge < -0.3 is 10.6 Å². The van der Waals surface area contributed by atoms with Gasteiger partial charge in [-0.05, 0) is 36.4 Å². The first kappa shape index (κ1) is 8.30. The van der Waals surface area contributed by atoms with Crippen LogP contribution in [0.3, 0.4) is 0 Å². The fourth-order valence-electron chi connectivity index (χ4n) is 2.85. The van der Waals surface area contributed by atoms with E-state index in [9.17, 15) is 0 Å². The lowest BCUT2D eigenvalue weighted by Gasteiger charge is -2.21. The average Bonchev–Trinajstić information content (AvgIpc) is 2.72. The molecule has 1 aliphatic carbocycles.